The molecular formula is C11H19ClN4O. The molecule has 1 saturated heterocycles. The largest absolute Gasteiger partial charge is 0.338 e. The summed E-state index contributed by atoms with van der Waals surface area (Å²) in [7, 11) is 0. The van der Waals surface area contributed by atoms with Gasteiger partial charge in [0.2, 0.25) is 5.89 Å². The standard InChI is InChI=1S/C11H18N4O.ClH/c1-8-6-12-4-5-15(8)7-10-13-11(14-16-10)9-2-3-9;/h8-9,12H,2-7H2,1H3;1H/t8-;/m0./s1. The fraction of sp³-hybridized carbons (Fsp3) is 0.818. The summed E-state index contributed by atoms with van der Waals surface area (Å²) < 4.78 is 5.29. The van der Waals surface area contributed by atoms with Crippen LogP contribution in [-0.2, 0) is 6.54 Å². The van der Waals surface area contributed by atoms with Crippen LogP contribution in [0.15, 0.2) is 4.52 Å². The van der Waals surface area contributed by atoms with Crippen LogP contribution in [0.25, 0.3) is 0 Å². The number of hydrogen-bond donors (Lipinski definition) is 1. The summed E-state index contributed by atoms with van der Waals surface area (Å²) in [5.41, 5.74) is 0. The number of nitrogens with one attached hydrogen (secondary N) is 1. The van der Waals surface area contributed by atoms with Crippen LogP contribution < -0.4 is 5.32 Å². The first-order chi connectivity index (χ1) is 7.83. The molecule has 5 nitrogen and oxygen atoms in total. The summed E-state index contributed by atoms with van der Waals surface area (Å²) in [6, 6.07) is 0.546. The molecule has 0 aromatic carbocycles. The van der Waals surface area contributed by atoms with Gasteiger partial charge in [-0.2, -0.15) is 4.98 Å². The Labute approximate surface area is 107 Å². The summed E-state index contributed by atoms with van der Waals surface area (Å²) in [5, 5.41) is 7.42. The number of nitrogens with zero attached hydrogens (tertiary/aromatic N) is 3. The van der Waals surface area contributed by atoms with E-state index in [2.05, 4.69) is 27.3 Å². The molecule has 2 fully saturated rings. The van der Waals surface area contributed by atoms with Gasteiger partial charge in [0, 0.05) is 31.6 Å². The van der Waals surface area contributed by atoms with Gasteiger partial charge in [-0.1, -0.05) is 5.16 Å². The van der Waals surface area contributed by atoms with Gasteiger partial charge >= 0.3 is 0 Å². The summed E-state index contributed by atoms with van der Waals surface area (Å²) in [6.07, 6.45) is 2.45. The maximum Gasteiger partial charge on any atom is 0.240 e. The van der Waals surface area contributed by atoms with Crippen LogP contribution in [0.3, 0.4) is 0 Å². The van der Waals surface area contributed by atoms with Gasteiger partial charge in [-0.3, -0.25) is 4.90 Å². The maximum atomic E-state index is 5.29. The molecule has 0 radical (unpaired) electrons. The minimum absolute atomic E-state index is 0. The Balaban J connectivity index is 0.00000108. The van der Waals surface area contributed by atoms with Crippen LogP contribution in [-0.4, -0.2) is 40.7 Å². The van der Waals surface area contributed by atoms with Gasteiger partial charge in [-0.15, -0.1) is 12.4 Å². The predicted molar refractivity (Wildman–Crippen MR) is 66.3 cm³/mol. The van der Waals surface area contributed by atoms with Crippen LogP contribution >= 0.6 is 12.4 Å². The van der Waals surface area contributed by atoms with Gasteiger partial charge in [0.05, 0.1) is 6.54 Å². The summed E-state index contributed by atoms with van der Waals surface area (Å²) in [5.74, 6) is 2.27. The van der Waals surface area contributed by atoms with E-state index < -0.39 is 0 Å². The minimum atomic E-state index is 0. The average Bonchev–Trinajstić information content (AvgIpc) is 3.03. The molecule has 0 bridgehead atoms. The van der Waals surface area contributed by atoms with E-state index in [4.69, 9.17) is 4.52 Å². The van der Waals surface area contributed by atoms with E-state index in [0.29, 0.717) is 12.0 Å². The number of rotatable bonds is 3. The minimum Gasteiger partial charge on any atom is -0.338 e. The van der Waals surface area contributed by atoms with E-state index >= 15 is 0 Å². The second-order valence-electron chi connectivity index (χ2n) is 4.84. The Morgan fingerprint density at radius 3 is 3.00 bits per heavy atom. The lowest BCUT2D eigenvalue weighted by Gasteiger charge is -2.32. The van der Waals surface area contributed by atoms with Gasteiger partial charge in [-0.25, -0.2) is 0 Å². The lowest BCUT2D eigenvalue weighted by atomic mass is 10.2. The number of aromatic nitrogens is 2. The molecule has 1 aliphatic carbocycles. The third-order valence-corrected chi connectivity index (χ3v) is 3.40. The third kappa shape index (κ3) is 2.97. The van der Waals surface area contributed by atoms with Crippen molar-refractivity contribution in [3.63, 3.8) is 0 Å². The normalized spacial score (nSPS) is 25.6. The highest BCUT2D eigenvalue weighted by atomic mass is 35.5. The Bertz CT molecular complexity index is 366. The first-order valence-corrected chi connectivity index (χ1v) is 6.10. The summed E-state index contributed by atoms with van der Waals surface area (Å²) in [4.78, 5) is 6.85. The van der Waals surface area contributed by atoms with Crippen molar-refractivity contribution >= 4 is 12.4 Å². The van der Waals surface area contributed by atoms with E-state index in [1.807, 2.05) is 0 Å². The van der Waals surface area contributed by atoms with Crippen molar-refractivity contribution in [3.8, 4) is 0 Å². The Morgan fingerprint density at radius 2 is 2.29 bits per heavy atom. The molecular weight excluding hydrogens is 240 g/mol. The fourth-order valence-corrected chi connectivity index (χ4v) is 2.13. The van der Waals surface area contributed by atoms with Gasteiger partial charge in [0.1, 0.15) is 0 Å². The molecule has 1 saturated carbocycles. The third-order valence-electron chi connectivity index (χ3n) is 3.40. The highest BCUT2D eigenvalue weighted by Crippen LogP contribution is 2.38. The van der Waals surface area contributed by atoms with Crippen LogP contribution in [0.2, 0.25) is 0 Å². The molecule has 96 valence electrons. The van der Waals surface area contributed by atoms with E-state index in [1.165, 1.54) is 12.8 Å². The van der Waals surface area contributed by atoms with E-state index in [1.54, 1.807) is 0 Å². The fourth-order valence-electron chi connectivity index (χ4n) is 2.13. The Hall–Kier alpha value is -0.650. The van der Waals surface area contributed by atoms with Gasteiger partial charge < -0.3 is 9.84 Å². The molecule has 1 N–H and O–H groups in total. The highest BCUT2D eigenvalue weighted by Gasteiger charge is 2.29. The molecule has 6 heteroatoms. The first-order valence-electron chi connectivity index (χ1n) is 6.10. The zero-order valence-corrected chi connectivity index (χ0v) is 10.9. The number of piperazine rings is 1. The van der Waals surface area contributed by atoms with Crippen molar-refractivity contribution in [1.82, 2.24) is 20.4 Å². The van der Waals surface area contributed by atoms with E-state index in [-0.39, 0.29) is 12.4 Å². The Kier molecular flexibility index (Phi) is 4.01. The molecule has 17 heavy (non-hydrogen) atoms. The van der Waals surface area contributed by atoms with E-state index in [9.17, 15) is 0 Å². The summed E-state index contributed by atoms with van der Waals surface area (Å²) >= 11 is 0. The second kappa shape index (κ2) is 5.33. The smallest absolute Gasteiger partial charge is 0.240 e. The first kappa shape index (κ1) is 12.8. The van der Waals surface area contributed by atoms with Crippen LogP contribution in [0.5, 0.6) is 0 Å². The van der Waals surface area contributed by atoms with Crippen LogP contribution in [0, 0.1) is 0 Å². The lowest BCUT2D eigenvalue weighted by Crippen LogP contribution is -2.49. The molecule has 1 aromatic rings. The molecule has 2 heterocycles. The summed E-state index contributed by atoms with van der Waals surface area (Å²) in [6.45, 7) is 6.17. The van der Waals surface area contributed by atoms with Crippen LogP contribution in [0.1, 0.15) is 37.4 Å². The van der Waals surface area contributed by atoms with Crippen molar-refractivity contribution in [3.05, 3.63) is 11.7 Å². The second-order valence-corrected chi connectivity index (χ2v) is 4.84. The van der Waals surface area contributed by atoms with Crippen molar-refractivity contribution in [2.45, 2.75) is 38.3 Å². The number of halogens is 1. The molecule has 0 unspecified atom stereocenters. The monoisotopic (exact) mass is 258 g/mol. The van der Waals surface area contributed by atoms with Gasteiger partial charge in [0.25, 0.3) is 0 Å². The van der Waals surface area contributed by atoms with Gasteiger partial charge in [0.15, 0.2) is 5.82 Å². The topological polar surface area (TPSA) is 54.2 Å². The lowest BCUT2D eigenvalue weighted by molar-refractivity contribution is 0.146. The quantitative estimate of drug-likeness (QED) is 0.882. The average molecular weight is 259 g/mol. The van der Waals surface area contributed by atoms with E-state index in [0.717, 1.165) is 37.9 Å². The zero-order chi connectivity index (χ0) is 11.0. The molecule has 0 amide bonds. The van der Waals surface area contributed by atoms with Gasteiger partial charge in [-0.05, 0) is 19.8 Å². The van der Waals surface area contributed by atoms with Crippen LogP contribution in [0.4, 0.5) is 0 Å². The molecule has 1 atom stereocenters. The molecule has 2 aliphatic rings. The molecule has 1 aromatic heterocycles. The maximum absolute atomic E-state index is 5.29. The van der Waals surface area contributed by atoms with Crippen molar-refractivity contribution in [2.75, 3.05) is 19.6 Å². The van der Waals surface area contributed by atoms with Crippen molar-refractivity contribution < 1.29 is 4.52 Å². The number of hydrogen-bond acceptors (Lipinski definition) is 5. The van der Waals surface area contributed by atoms with Crippen molar-refractivity contribution in [2.24, 2.45) is 0 Å². The molecule has 0 spiro atoms. The highest BCUT2D eigenvalue weighted by molar-refractivity contribution is 5.85. The zero-order valence-electron chi connectivity index (χ0n) is 10.1. The van der Waals surface area contributed by atoms with Crippen molar-refractivity contribution in [1.29, 1.82) is 0 Å². The predicted octanol–water partition coefficient (Wildman–Crippen LogP) is 1.16. The molecule has 3 rings (SSSR count). The SMILES string of the molecule is C[C@H]1CNCCN1Cc1nc(C2CC2)no1.Cl. The Morgan fingerprint density at radius 1 is 1.47 bits per heavy atom. The molecule has 1 aliphatic heterocycles.